The van der Waals surface area contributed by atoms with E-state index in [-0.39, 0.29) is 18.3 Å². The Kier molecular flexibility index (Phi) is 3.47. The minimum absolute atomic E-state index is 0.0180. The lowest BCUT2D eigenvalue weighted by Crippen LogP contribution is -2.13. The van der Waals surface area contributed by atoms with Crippen molar-refractivity contribution < 1.29 is 9.18 Å². The van der Waals surface area contributed by atoms with Gasteiger partial charge in [-0.1, -0.05) is 29.8 Å². The fourth-order valence-electron chi connectivity index (χ4n) is 2.29. The molecule has 21 heavy (non-hydrogen) atoms. The van der Waals surface area contributed by atoms with Gasteiger partial charge in [0.05, 0.1) is 11.4 Å². The molecule has 2 aromatic carbocycles. The molecular weight excluding hydrogens is 291 g/mol. The van der Waals surface area contributed by atoms with E-state index in [0.29, 0.717) is 33.1 Å². The summed E-state index contributed by atoms with van der Waals surface area (Å²) in [5.41, 5.74) is 2.76. The first kappa shape index (κ1) is 13.8. The lowest BCUT2D eigenvalue weighted by Gasteiger charge is -2.12. The molecule has 0 aromatic heterocycles. The smallest absolute Gasteiger partial charge is 0.246 e. The van der Waals surface area contributed by atoms with Crippen LogP contribution >= 0.6 is 11.6 Å². The number of fused-ring (bicyclic) bond motifs is 1. The monoisotopic (exact) mass is 302 g/mol. The molecule has 0 aliphatic carbocycles. The minimum atomic E-state index is -0.343. The normalized spacial score (nSPS) is 14.0. The summed E-state index contributed by atoms with van der Waals surface area (Å²) in [4.78, 5) is 16.1. The van der Waals surface area contributed by atoms with Crippen molar-refractivity contribution in [1.29, 1.82) is 0 Å². The highest BCUT2D eigenvalue weighted by Gasteiger charge is 2.21. The summed E-state index contributed by atoms with van der Waals surface area (Å²) in [6.45, 7) is 1.63. The Morgan fingerprint density at radius 2 is 2.00 bits per heavy atom. The summed E-state index contributed by atoms with van der Waals surface area (Å²) in [5.74, 6) is -0.575. The molecule has 2 aromatic rings. The maximum absolute atomic E-state index is 13.9. The van der Waals surface area contributed by atoms with Crippen LogP contribution in [0.1, 0.15) is 16.7 Å². The fraction of sp³-hybridized carbons (Fsp3) is 0.125. The molecule has 0 unspecified atom stereocenters. The molecule has 106 valence electrons. The van der Waals surface area contributed by atoms with E-state index in [4.69, 9.17) is 11.6 Å². The first-order chi connectivity index (χ1) is 10.1. The van der Waals surface area contributed by atoms with Crippen LogP contribution in [0.4, 0.5) is 10.1 Å². The summed E-state index contributed by atoms with van der Waals surface area (Å²) in [7, 11) is 0. The second-order valence-corrected chi connectivity index (χ2v) is 5.25. The van der Waals surface area contributed by atoms with Crippen LogP contribution in [0.15, 0.2) is 41.4 Å². The van der Waals surface area contributed by atoms with Gasteiger partial charge in [-0.15, -0.1) is 0 Å². The number of aliphatic imine (C=N–C) groups is 1. The zero-order valence-electron chi connectivity index (χ0n) is 11.3. The average molecular weight is 303 g/mol. The number of benzodiazepines with no additional fused rings is 1. The van der Waals surface area contributed by atoms with Gasteiger partial charge in [0.1, 0.15) is 12.4 Å². The molecule has 3 rings (SSSR count). The zero-order chi connectivity index (χ0) is 15.0. The number of nitrogens with zero attached hydrogens (tertiary/aromatic N) is 1. The van der Waals surface area contributed by atoms with E-state index in [1.807, 2.05) is 12.1 Å². The topological polar surface area (TPSA) is 41.5 Å². The van der Waals surface area contributed by atoms with Gasteiger partial charge in [0.2, 0.25) is 5.91 Å². The van der Waals surface area contributed by atoms with Crippen molar-refractivity contribution in [3.05, 3.63) is 63.9 Å². The average Bonchev–Trinajstić information content (AvgIpc) is 2.59. The number of carbonyl (C=O) groups is 1. The third-order valence-corrected chi connectivity index (χ3v) is 3.67. The van der Waals surface area contributed by atoms with E-state index in [0.717, 1.165) is 0 Å². The maximum atomic E-state index is 13.9. The highest BCUT2D eigenvalue weighted by atomic mass is 35.5. The van der Waals surface area contributed by atoms with Crippen LogP contribution in [0.2, 0.25) is 5.02 Å². The van der Waals surface area contributed by atoms with Gasteiger partial charge < -0.3 is 5.32 Å². The van der Waals surface area contributed by atoms with Crippen LogP contribution < -0.4 is 5.32 Å². The van der Waals surface area contributed by atoms with E-state index < -0.39 is 0 Å². The van der Waals surface area contributed by atoms with Gasteiger partial charge in [0.15, 0.2) is 0 Å². The predicted octanol–water partition coefficient (Wildman–Crippen LogP) is 3.58. The number of halogens is 2. The van der Waals surface area contributed by atoms with Crippen LogP contribution in [-0.2, 0) is 4.79 Å². The second kappa shape index (κ2) is 5.30. The lowest BCUT2D eigenvalue weighted by molar-refractivity contribution is -0.114. The molecule has 0 saturated carbocycles. The molecule has 0 fully saturated rings. The van der Waals surface area contributed by atoms with Crippen LogP contribution in [-0.4, -0.2) is 18.2 Å². The summed E-state index contributed by atoms with van der Waals surface area (Å²) < 4.78 is 13.9. The molecule has 0 saturated heterocycles. The number of anilines is 1. The van der Waals surface area contributed by atoms with Crippen molar-refractivity contribution in [3.63, 3.8) is 0 Å². The van der Waals surface area contributed by atoms with Gasteiger partial charge in [-0.25, -0.2) is 4.39 Å². The molecule has 1 aliphatic rings. The standard InChI is InChI=1S/C16H12ClFN2O/c1-9-6-14-11(7-13(9)18)16(19-8-15(21)20-14)10-4-2-3-5-12(10)17/h2-7H,8H2,1H3,(H,20,21). The molecule has 5 heteroatoms. The summed E-state index contributed by atoms with van der Waals surface area (Å²) in [6.07, 6.45) is 0. The van der Waals surface area contributed by atoms with Crippen LogP contribution in [0, 0.1) is 12.7 Å². The lowest BCUT2D eigenvalue weighted by atomic mass is 9.99. The van der Waals surface area contributed by atoms with Crippen LogP contribution in [0.25, 0.3) is 0 Å². The Labute approximate surface area is 126 Å². The summed E-state index contributed by atoms with van der Waals surface area (Å²) >= 11 is 6.20. The number of benzene rings is 2. The highest BCUT2D eigenvalue weighted by Crippen LogP contribution is 2.28. The van der Waals surface area contributed by atoms with E-state index >= 15 is 0 Å². The van der Waals surface area contributed by atoms with Crippen molar-refractivity contribution in [3.8, 4) is 0 Å². The Morgan fingerprint density at radius 3 is 2.76 bits per heavy atom. The fourth-order valence-corrected chi connectivity index (χ4v) is 2.52. The number of hydrogen-bond donors (Lipinski definition) is 1. The number of rotatable bonds is 1. The number of nitrogens with one attached hydrogen (secondary N) is 1. The molecule has 1 N–H and O–H groups in total. The Hall–Kier alpha value is -2.20. The zero-order valence-corrected chi connectivity index (χ0v) is 12.0. The van der Waals surface area contributed by atoms with E-state index in [9.17, 15) is 9.18 Å². The molecule has 0 radical (unpaired) electrons. The van der Waals surface area contributed by atoms with E-state index in [1.54, 1.807) is 25.1 Å². The summed E-state index contributed by atoms with van der Waals surface area (Å²) in [6, 6.07) is 10.2. The van der Waals surface area contributed by atoms with Gasteiger partial charge in [-0.2, -0.15) is 0 Å². The molecule has 0 atom stereocenters. The molecule has 3 nitrogen and oxygen atoms in total. The van der Waals surface area contributed by atoms with Gasteiger partial charge in [-0.3, -0.25) is 9.79 Å². The van der Waals surface area contributed by atoms with Crippen molar-refractivity contribution in [2.45, 2.75) is 6.92 Å². The van der Waals surface area contributed by atoms with Gasteiger partial charge in [0, 0.05) is 16.1 Å². The van der Waals surface area contributed by atoms with Gasteiger partial charge in [0.25, 0.3) is 0 Å². The van der Waals surface area contributed by atoms with Gasteiger partial charge in [-0.05, 0) is 30.7 Å². The molecule has 1 heterocycles. The number of carbonyl (C=O) groups excluding carboxylic acids is 1. The molecule has 0 bridgehead atoms. The molecule has 1 aliphatic heterocycles. The van der Waals surface area contributed by atoms with Crippen LogP contribution in [0.3, 0.4) is 0 Å². The minimum Gasteiger partial charge on any atom is -0.324 e. The molecule has 0 spiro atoms. The molecular formula is C16H12ClFN2O. The third kappa shape index (κ3) is 2.54. The number of aryl methyl sites for hydroxylation is 1. The summed E-state index contributed by atoms with van der Waals surface area (Å²) in [5, 5.41) is 3.26. The van der Waals surface area contributed by atoms with Crippen LogP contribution in [0.5, 0.6) is 0 Å². The Balaban J connectivity index is 2.25. The SMILES string of the molecule is Cc1cc2c(cc1F)C(c1ccccc1Cl)=NCC(=O)N2. The second-order valence-electron chi connectivity index (χ2n) is 4.84. The quantitative estimate of drug-likeness (QED) is 0.859. The van der Waals surface area contributed by atoms with E-state index in [2.05, 4.69) is 10.3 Å². The largest absolute Gasteiger partial charge is 0.324 e. The third-order valence-electron chi connectivity index (χ3n) is 3.34. The predicted molar refractivity (Wildman–Crippen MR) is 81.7 cm³/mol. The van der Waals surface area contributed by atoms with E-state index in [1.165, 1.54) is 6.07 Å². The van der Waals surface area contributed by atoms with Crippen molar-refractivity contribution in [1.82, 2.24) is 0 Å². The van der Waals surface area contributed by atoms with Crippen molar-refractivity contribution >= 4 is 28.9 Å². The van der Waals surface area contributed by atoms with Crippen molar-refractivity contribution in [2.75, 3.05) is 11.9 Å². The molecule has 1 amide bonds. The first-order valence-corrected chi connectivity index (χ1v) is 6.84. The first-order valence-electron chi connectivity index (χ1n) is 6.46. The number of hydrogen-bond acceptors (Lipinski definition) is 2. The van der Waals surface area contributed by atoms with Gasteiger partial charge >= 0.3 is 0 Å². The van der Waals surface area contributed by atoms with Crippen molar-refractivity contribution in [2.24, 2.45) is 4.99 Å². The highest BCUT2D eigenvalue weighted by molar-refractivity contribution is 6.36. The maximum Gasteiger partial charge on any atom is 0.246 e. The Morgan fingerprint density at radius 1 is 1.24 bits per heavy atom. The number of amides is 1. The Bertz CT molecular complexity index is 771.